The van der Waals surface area contributed by atoms with Crippen LogP contribution in [0.1, 0.15) is 37.0 Å². The number of carbonyl (C=O) groups excluding carboxylic acids is 1. The highest BCUT2D eigenvalue weighted by atomic mass is 32.2. The fourth-order valence-electron chi connectivity index (χ4n) is 2.94. The van der Waals surface area contributed by atoms with Gasteiger partial charge in [0, 0.05) is 18.2 Å². The highest BCUT2D eigenvalue weighted by Gasteiger charge is 2.26. The minimum Gasteiger partial charge on any atom is -0.366 e. The van der Waals surface area contributed by atoms with Gasteiger partial charge in [0.15, 0.2) is 0 Å². The van der Waals surface area contributed by atoms with Gasteiger partial charge in [0.2, 0.25) is 15.9 Å². The van der Waals surface area contributed by atoms with Crippen molar-refractivity contribution < 1.29 is 13.2 Å². The van der Waals surface area contributed by atoms with Gasteiger partial charge < -0.3 is 5.73 Å². The zero-order valence-electron chi connectivity index (χ0n) is 13.7. The van der Waals surface area contributed by atoms with Crippen molar-refractivity contribution in [3.05, 3.63) is 29.8 Å². The molecule has 0 saturated carbocycles. The molecule has 2 rings (SSSR count). The normalized spacial score (nSPS) is 17.5. The van der Waals surface area contributed by atoms with Crippen LogP contribution >= 0.6 is 0 Å². The minimum absolute atomic E-state index is 0.145. The van der Waals surface area contributed by atoms with Gasteiger partial charge >= 0.3 is 0 Å². The Balaban J connectivity index is 2.06. The SMILES string of the molecule is CC(C)[C@H](CNS(=O)(=O)c1ccc(C(N)=O)cc1)N1CCCC1. The Morgan fingerprint density at radius 3 is 2.26 bits per heavy atom. The van der Waals surface area contributed by atoms with Crippen LogP contribution in [0.2, 0.25) is 0 Å². The number of hydrogen-bond donors (Lipinski definition) is 2. The summed E-state index contributed by atoms with van der Waals surface area (Å²) in [4.78, 5) is 13.5. The second kappa shape index (κ2) is 7.42. The third kappa shape index (κ3) is 4.53. The van der Waals surface area contributed by atoms with Crippen LogP contribution in [0.5, 0.6) is 0 Å². The number of sulfonamides is 1. The van der Waals surface area contributed by atoms with Gasteiger partial charge in [-0.15, -0.1) is 0 Å². The maximum absolute atomic E-state index is 12.4. The summed E-state index contributed by atoms with van der Waals surface area (Å²) in [5.41, 5.74) is 5.46. The van der Waals surface area contributed by atoms with E-state index >= 15 is 0 Å². The van der Waals surface area contributed by atoms with Crippen LogP contribution in [0, 0.1) is 5.92 Å². The highest BCUT2D eigenvalue weighted by Crippen LogP contribution is 2.18. The van der Waals surface area contributed by atoms with E-state index in [9.17, 15) is 13.2 Å². The molecule has 1 fully saturated rings. The van der Waals surface area contributed by atoms with Crippen LogP contribution in [-0.2, 0) is 10.0 Å². The monoisotopic (exact) mass is 339 g/mol. The molecule has 1 amide bonds. The summed E-state index contributed by atoms with van der Waals surface area (Å²) in [6.45, 7) is 6.66. The van der Waals surface area contributed by atoms with Crippen molar-refractivity contribution >= 4 is 15.9 Å². The van der Waals surface area contributed by atoms with Crippen molar-refractivity contribution in [2.45, 2.75) is 37.6 Å². The van der Waals surface area contributed by atoms with Crippen LogP contribution in [0.25, 0.3) is 0 Å². The number of nitrogens with two attached hydrogens (primary N) is 1. The van der Waals surface area contributed by atoms with Gasteiger partial charge in [-0.1, -0.05) is 13.8 Å². The molecule has 128 valence electrons. The second-order valence-electron chi connectivity index (χ2n) is 6.29. The zero-order chi connectivity index (χ0) is 17.0. The summed E-state index contributed by atoms with van der Waals surface area (Å²) in [6.07, 6.45) is 2.34. The van der Waals surface area contributed by atoms with Crippen molar-refractivity contribution in [3.8, 4) is 0 Å². The molecule has 1 aromatic rings. The molecule has 3 N–H and O–H groups in total. The molecule has 1 atom stereocenters. The number of rotatable bonds is 7. The Hall–Kier alpha value is -1.44. The Kier molecular flexibility index (Phi) is 5.78. The number of nitrogens with one attached hydrogen (secondary N) is 1. The van der Waals surface area contributed by atoms with E-state index in [1.54, 1.807) is 0 Å². The highest BCUT2D eigenvalue weighted by molar-refractivity contribution is 7.89. The van der Waals surface area contributed by atoms with E-state index in [1.807, 2.05) is 0 Å². The Bertz CT molecular complexity index is 635. The van der Waals surface area contributed by atoms with Crippen LogP contribution in [0.15, 0.2) is 29.2 Å². The number of hydrogen-bond acceptors (Lipinski definition) is 4. The summed E-state index contributed by atoms with van der Waals surface area (Å²) < 4.78 is 27.5. The summed E-state index contributed by atoms with van der Waals surface area (Å²) in [5.74, 6) is -0.205. The molecule has 0 spiro atoms. The molecule has 6 nitrogen and oxygen atoms in total. The molecule has 23 heavy (non-hydrogen) atoms. The molecule has 1 aliphatic heterocycles. The van der Waals surface area contributed by atoms with Crippen molar-refractivity contribution in [2.24, 2.45) is 11.7 Å². The predicted octanol–water partition coefficient (Wildman–Crippen LogP) is 1.18. The number of nitrogens with zero attached hydrogens (tertiary/aromatic N) is 1. The Morgan fingerprint density at radius 2 is 1.78 bits per heavy atom. The van der Waals surface area contributed by atoms with Crippen molar-refractivity contribution in [3.63, 3.8) is 0 Å². The maximum Gasteiger partial charge on any atom is 0.248 e. The smallest absolute Gasteiger partial charge is 0.248 e. The topological polar surface area (TPSA) is 92.5 Å². The molecule has 0 aromatic heterocycles. The number of amides is 1. The van der Waals surface area contributed by atoms with Crippen molar-refractivity contribution in [2.75, 3.05) is 19.6 Å². The predicted molar refractivity (Wildman–Crippen MR) is 89.6 cm³/mol. The molecule has 7 heteroatoms. The van der Waals surface area contributed by atoms with Gasteiger partial charge in [-0.25, -0.2) is 13.1 Å². The number of likely N-dealkylation sites (tertiary alicyclic amines) is 1. The lowest BCUT2D eigenvalue weighted by atomic mass is 10.0. The molecule has 1 heterocycles. The fraction of sp³-hybridized carbons (Fsp3) is 0.562. The molecule has 1 aromatic carbocycles. The minimum atomic E-state index is -3.59. The first-order valence-electron chi connectivity index (χ1n) is 7.95. The quantitative estimate of drug-likeness (QED) is 0.780. The van der Waals surface area contributed by atoms with E-state index in [0.717, 1.165) is 13.1 Å². The van der Waals surface area contributed by atoms with Crippen LogP contribution in [-0.4, -0.2) is 44.9 Å². The van der Waals surface area contributed by atoms with Crippen LogP contribution in [0.4, 0.5) is 0 Å². The van der Waals surface area contributed by atoms with E-state index in [4.69, 9.17) is 5.73 Å². The van der Waals surface area contributed by atoms with Gasteiger partial charge in [0.1, 0.15) is 0 Å². The molecule has 0 unspecified atom stereocenters. The lowest BCUT2D eigenvalue weighted by Gasteiger charge is -2.30. The number of benzene rings is 1. The average Bonchev–Trinajstić information content (AvgIpc) is 3.01. The van der Waals surface area contributed by atoms with Crippen LogP contribution in [0.3, 0.4) is 0 Å². The van der Waals surface area contributed by atoms with E-state index in [-0.39, 0.29) is 10.9 Å². The average molecular weight is 339 g/mol. The Morgan fingerprint density at radius 1 is 1.22 bits per heavy atom. The molecule has 1 saturated heterocycles. The standard InChI is InChI=1S/C16H25N3O3S/c1-12(2)15(19-9-3-4-10-19)11-18-23(21,22)14-7-5-13(6-8-14)16(17)20/h5-8,12,15,18H,3-4,9-11H2,1-2H3,(H2,17,20)/t15-/m0/s1. The van der Waals surface area contributed by atoms with Gasteiger partial charge in [-0.05, 0) is 56.1 Å². The molecule has 1 aliphatic rings. The van der Waals surface area contributed by atoms with Gasteiger partial charge in [-0.3, -0.25) is 9.69 Å². The summed E-state index contributed by atoms with van der Waals surface area (Å²) in [5, 5.41) is 0. The molecule has 0 aliphatic carbocycles. The summed E-state index contributed by atoms with van der Waals surface area (Å²) in [7, 11) is -3.59. The van der Waals surface area contributed by atoms with Gasteiger partial charge in [0.25, 0.3) is 0 Å². The lowest BCUT2D eigenvalue weighted by molar-refractivity contribution is 0.1000. The van der Waals surface area contributed by atoms with Crippen molar-refractivity contribution in [1.82, 2.24) is 9.62 Å². The van der Waals surface area contributed by atoms with E-state index in [2.05, 4.69) is 23.5 Å². The first-order chi connectivity index (χ1) is 10.8. The molecule has 0 radical (unpaired) electrons. The third-order valence-corrected chi connectivity index (χ3v) is 5.75. The van der Waals surface area contributed by atoms with Gasteiger partial charge in [0.05, 0.1) is 4.90 Å². The second-order valence-corrected chi connectivity index (χ2v) is 8.06. The molecule has 0 bridgehead atoms. The number of carbonyl (C=O) groups is 1. The lowest BCUT2D eigenvalue weighted by Crippen LogP contribution is -2.45. The van der Waals surface area contributed by atoms with E-state index < -0.39 is 15.9 Å². The third-order valence-electron chi connectivity index (χ3n) is 4.31. The molecular formula is C16H25N3O3S. The zero-order valence-corrected chi connectivity index (χ0v) is 14.5. The first-order valence-corrected chi connectivity index (χ1v) is 9.43. The molecular weight excluding hydrogens is 314 g/mol. The van der Waals surface area contributed by atoms with E-state index in [1.165, 1.54) is 37.1 Å². The Labute approximate surface area is 138 Å². The van der Waals surface area contributed by atoms with Crippen molar-refractivity contribution in [1.29, 1.82) is 0 Å². The van der Waals surface area contributed by atoms with Gasteiger partial charge in [-0.2, -0.15) is 0 Å². The largest absolute Gasteiger partial charge is 0.366 e. The summed E-state index contributed by atoms with van der Waals surface area (Å²) in [6, 6.07) is 5.86. The van der Waals surface area contributed by atoms with Crippen LogP contribution < -0.4 is 10.5 Å². The first kappa shape index (κ1) is 17.9. The number of primary amides is 1. The maximum atomic E-state index is 12.4. The van der Waals surface area contributed by atoms with E-state index in [0.29, 0.717) is 18.0 Å². The summed E-state index contributed by atoms with van der Waals surface area (Å²) >= 11 is 0. The fourth-order valence-corrected chi connectivity index (χ4v) is 3.99.